The molecular formula is C22H22FNO2S. The van der Waals surface area contributed by atoms with Gasteiger partial charge in [-0.15, -0.1) is 0 Å². The SMILES string of the molecule is Cc1ccc(S(=O)(=O)N(CC#Cc2ccc(F)cc2)C2C=CCCC2)cc1. The maximum absolute atomic E-state index is 13.2. The number of hydrogen-bond acceptors (Lipinski definition) is 2. The molecule has 0 N–H and O–H groups in total. The third-order valence-electron chi connectivity index (χ3n) is 4.54. The number of nitrogens with zero attached hydrogens (tertiary/aromatic N) is 1. The summed E-state index contributed by atoms with van der Waals surface area (Å²) in [6.07, 6.45) is 6.68. The van der Waals surface area contributed by atoms with Gasteiger partial charge in [0.1, 0.15) is 5.82 Å². The molecular weight excluding hydrogens is 361 g/mol. The van der Waals surface area contributed by atoms with Gasteiger partial charge in [0.2, 0.25) is 10.0 Å². The zero-order valence-electron chi connectivity index (χ0n) is 15.2. The van der Waals surface area contributed by atoms with Crippen LogP contribution in [0.5, 0.6) is 0 Å². The van der Waals surface area contributed by atoms with Crippen molar-refractivity contribution in [3.63, 3.8) is 0 Å². The third-order valence-corrected chi connectivity index (χ3v) is 6.42. The van der Waals surface area contributed by atoms with Crippen LogP contribution >= 0.6 is 0 Å². The Kier molecular flexibility index (Phi) is 6.10. The van der Waals surface area contributed by atoms with Crippen molar-refractivity contribution in [2.75, 3.05) is 6.54 Å². The fourth-order valence-electron chi connectivity index (χ4n) is 3.01. The molecule has 0 heterocycles. The Hall–Kier alpha value is -2.42. The second kappa shape index (κ2) is 8.51. The molecule has 3 nitrogen and oxygen atoms in total. The molecule has 140 valence electrons. The normalized spacial score (nSPS) is 16.8. The Labute approximate surface area is 160 Å². The largest absolute Gasteiger partial charge is 0.244 e. The van der Waals surface area contributed by atoms with Gasteiger partial charge in [0.05, 0.1) is 11.4 Å². The molecule has 27 heavy (non-hydrogen) atoms. The first kappa shape index (κ1) is 19.3. The van der Waals surface area contributed by atoms with E-state index in [-0.39, 0.29) is 23.3 Å². The summed E-state index contributed by atoms with van der Waals surface area (Å²) in [7, 11) is -3.66. The molecule has 0 bridgehead atoms. The predicted molar refractivity (Wildman–Crippen MR) is 105 cm³/mol. The molecule has 0 saturated carbocycles. The Morgan fingerprint density at radius 1 is 1.11 bits per heavy atom. The first-order valence-corrected chi connectivity index (χ1v) is 10.4. The zero-order valence-corrected chi connectivity index (χ0v) is 16.0. The van der Waals surface area contributed by atoms with E-state index < -0.39 is 10.0 Å². The van der Waals surface area contributed by atoms with E-state index in [0.717, 1.165) is 24.8 Å². The van der Waals surface area contributed by atoms with Crippen molar-refractivity contribution < 1.29 is 12.8 Å². The Morgan fingerprint density at radius 3 is 2.44 bits per heavy atom. The average Bonchev–Trinajstić information content (AvgIpc) is 2.67. The summed E-state index contributed by atoms with van der Waals surface area (Å²) in [6, 6.07) is 12.5. The van der Waals surface area contributed by atoms with Gasteiger partial charge >= 0.3 is 0 Å². The van der Waals surface area contributed by atoms with Gasteiger partial charge in [0.25, 0.3) is 0 Å². The van der Waals surface area contributed by atoms with Gasteiger partial charge in [-0.1, -0.05) is 41.7 Å². The minimum atomic E-state index is -3.66. The highest BCUT2D eigenvalue weighted by atomic mass is 32.2. The smallest absolute Gasteiger partial charge is 0.207 e. The lowest BCUT2D eigenvalue weighted by molar-refractivity contribution is 0.365. The van der Waals surface area contributed by atoms with Crippen LogP contribution in [0.3, 0.4) is 0 Å². The quantitative estimate of drug-likeness (QED) is 0.584. The van der Waals surface area contributed by atoms with E-state index in [4.69, 9.17) is 0 Å². The Bertz CT molecular complexity index is 968. The van der Waals surface area contributed by atoms with Gasteiger partial charge in [-0.05, 0) is 62.6 Å². The van der Waals surface area contributed by atoms with Gasteiger partial charge in [-0.3, -0.25) is 0 Å². The lowest BCUT2D eigenvalue weighted by Gasteiger charge is -2.29. The molecule has 3 rings (SSSR count). The van der Waals surface area contributed by atoms with Crippen molar-refractivity contribution in [2.24, 2.45) is 0 Å². The van der Waals surface area contributed by atoms with E-state index in [1.165, 1.54) is 16.4 Å². The lowest BCUT2D eigenvalue weighted by atomic mass is 10.0. The Morgan fingerprint density at radius 2 is 1.81 bits per heavy atom. The fraction of sp³-hybridized carbons (Fsp3) is 0.273. The van der Waals surface area contributed by atoms with Crippen LogP contribution in [-0.2, 0) is 10.0 Å². The van der Waals surface area contributed by atoms with Crippen LogP contribution in [0, 0.1) is 24.6 Å². The molecule has 5 heteroatoms. The second-order valence-electron chi connectivity index (χ2n) is 6.60. The first-order valence-electron chi connectivity index (χ1n) is 8.96. The standard InChI is InChI=1S/C22H22FNO2S/c1-18-9-15-22(16-10-18)27(25,26)24(21-7-3-2-4-8-21)17-5-6-19-11-13-20(23)14-12-19/h3,7,9-16,21H,2,4,8,17H2,1H3. The van der Waals surface area contributed by atoms with E-state index >= 15 is 0 Å². The molecule has 0 fully saturated rings. The van der Waals surface area contributed by atoms with E-state index in [2.05, 4.69) is 11.8 Å². The summed E-state index contributed by atoms with van der Waals surface area (Å²) in [5.74, 6) is 5.55. The number of halogens is 1. The van der Waals surface area contributed by atoms with Gasteiger partial charge in [-0.2, -0.15) is 4.31 Å². The van der Waals surface area contributed by atoms with Gasteiger partial charge < -0.3 is 0 Å². The van der Waals surface area contributed by atoms with Crippen LogP contribution < -0.4 is 0 Å². The van der Waals surface area contributed by atoms with E-state index in [1.54, 1.807) is 36.4 Å². The fourth-order valence-corrected chi connectivity index (χ4v) is 4.53. The van der Waals surface area contributed by atoms with Gasteiger partial charge in [-0.25, -0.2) is 12.8 Å². The molecule has 0 radical (unpaired) electrons. The van der Waals surface area contributed by atoms with E-state index in [1.807, 2.05) is 19.1 Å². The minimum Gasteiger partial charge on any atom is -0.207 e. The molecule has 1 aliphatic carbocycles. The minimum absolute atomic E-state index is 0.0859. The molecule has 2 aromatic rings. The lowest BCUT2D eigenvalue weighted by Crippen LogP contribution is -2.40. The maximum Gasteiger partial charge on any atom is 0.244 e. The maximum atomic E-state index is 13.2. The summed E-state index contributed by atoms with van der Waals surface area (Å²) in [5.41, 5.74) is 1.66. The molecule has 0 aliphatic heterocycles. The molecule has 2 aromatic carbocycles. The highest BCUT2D eigenvalue weighted by Crippen LogP contribution is 2.24. The topological polar surface area (TPSA) is 37.4 Å². The average molecular weight is 383 g/mol. The van der Waals surface area contributed by atoms with Crippen LogP contribution in [0.25, 0.3) is 0 Å². The summed E-state index contributed by atoms with van der Waals surface area (Å²) in [6.45, 7) is 2.01. The monoisotopic (exact) mass is 383 g/mol. The molecule has 0 aromatic heterocycles. The van der Waals surface area contributed by atoms with Crippen LogP contribution in [-0.4, -0.2) is 25.3 Å². The van der Waals surface area contributed by atoms with Crippen molar-refractivity contribution in [3.8, 4) is 11.8 Å². The number of rotatable bonds is 4. The van der Waals surface area contributed by atoms with E-state index in [0.29, 0.717) is 5.56 Å². The molecule has 0 spiro atoms. The number of hydrogen-bond donors (Lipinski definition) is 0. The highest BCUT2D eigenvalue weighted by Gasteiger charge is 2.30. The molecule has 0 saturated heterocycles. The van der Waals surface area contributed by atoms with E-state index in [9.17, 15) is 12.8 Å². The van der Waals surface area contributed by atoms with Crippen LogP contribution in [0.4, 0.5) is 4.39 Å². The summed E-state index contributed by atoms with van der Waals surface area (Å²) < 4.78 is 40.9. The van der Waals surface area contributed by atoms with Crippen molar-refractivity contribution in [1.29, 1.82) is 0 Å². The molecule has 1 atom stereocenters. The zero-order chi connectivity index (χ0) is 19.3. The van der Waals surface area contributed by atoms with Crippen LogP contribution in [0.2, 0.25) is 0 Å². The highest BCUT2D eigenvalue weighted by molar-refractivity contribution is 7.89. The molecule has 1 aliphatic rings. The van der Waals surface area contributed by atoms with Crippen LogP contribution in [0.1, 0.15) is 30.4 Å². The first-order chi connectivity index (χ1) is 13.0. The van der Waals surface area contributed by atoms with Gasteiger partial charge in [0.15, 0.2) is 0 Å². The number of aryl methyl sites for hydroxylation is 1. The van der Waals surface area contributed by atoms with Crippen molar-refractivity contribution >= 4 is 10.0 Å². The molecule has 1 unspecified atom stereocenters. The van der Waals surface area contributed by atoms with Crippen molar-refractivity contribution in [1.82, 2.24) is 4.31 Å². The second-order valence-corrected chi connectivity index (χ2v) is 8.49. The Balaban J connectivity index is 1.89. The predicted octanol–water partition coefficient (Wildman–Crippen LogP) is 4.29. The summed E-state index contributed by atoms with van der Waals surface area (Å²) in [4.78, 5) is 0.274. The third kappa shape index (κ3) is 4.85. The van der Waals surface area contributed by atoms with Crippen molar-refractivity contribution in [3.05, 3.63) is 77.6 Å². The number of allylic oxidation sites excluding steroid dienone is 1. The summed E-state index contributed by atoms with van der Waals surface area (Å²) >= 11 is 0. The number of benzene rings is 2. The van der Waals surface area contributed by atoms with Gasteiger partial charge in [0, 0.05) is 11.6 Å². The van der Waals surface area contributed by atoms with Crippen LogP contribution in [0.15, 0.2) is 65.6 Å². The molecule has 0 amide bonds. The summed E-state index contributed by atoms with van der Waals surface area (Å²) in [5, 5.41) is 0. The van der Waals surface area contributed by atoms with Crippen molar-refractivity contribution in [2.45, 2.75) is 37.1 Å². The number of sulfonamides is 1.